The number of hydrogen-bond acceptors (Lipinski definition) is 7. The van der Waals surface area contributed by atoms with Crippen LogP contribution in [0.4, 0.5) is 14.9 Å². The molecule has 3 atom stereocenters. The van der Waals surface area contributed by atoms with Crippen molar-refractivity contribution in [3.8, 4) is 11.4 Å². The first-order valence-corrected chi connectivity index (χ1v) is 15.5. The number of piperidine rings is 2. The minimum Gasteiger partial charge on any atom is -0.341 e. The number of likely N-dealkylation sites (N-methyl/N-ethyl adjacent to an activating group) is 1. The van der Waals surface area contributed by atoms with E-state index in [1.165, 1.54) is 12.1 Å². The van der Waals surface area contributed by atoms with E-state index in [0.717, 1.165) is 55.6 Å². The molecule has 3 heterocycles. The van der Waals surface area contributed by atoms with Crippen molar-refractivity contribution in [2.75, 3.05) is 58.7 Å². The van der Waals surface area contributed by atoms with Crippen molar-refractivity contribution in [3.05, 3.63) is 59.4 Å². The van der Waals surface area contributed by atoms with Crippen molar-refractivity contribution in [1.29, 1.82) is 0 Å². The molecule has 0 unspecified atom stereocenters. The maximum Gasteiger partial charge on any atom is 0.319 e. The number of likely N-dealkylation sites (tertiary alicyclic amines) is 2. The molecular formula is C32H44FN9O2. The molecule has 2 aliphatic heterocycles. The molecule has 3 amide bonds. The summed E-state index contributed by atoms with van der Waals surface area (Å²) in [6.45, 7) is 6.24. The van der Waals surface area contributed by atoms with Gasteiger partial charge in [0, 0.05) is 50.7 Å². The minimum atomic E-state index is -0.289. The summed E-state index contributed by atoms with van der Waals surface area (Å²) < 4.78 is 15.0. The molecule has 44 heavy (non-hydrogen) atoms. The fourth-order valence-corrected chi connectivity index (χ4v) is 6.61. The van der Waals surface area contributed by atoms with Crippen molar-refractivity contribution >= 4 is 17.6 Å². The van der Waals surface area contributed by atoms with Gasteiger partial charge in [0.1, 0.15) is 5.82 Å². The number of tetrazole rings is 1. The third-order valence-corrected chi connectivity index (χ3v) is 8.75. The van der Waals surface area contributed by atoms with E-state index in [0.29, 0.717) is 43.5 Å². The molecule has 0 aliphatic carbocycles. The number of aromatic nitrogens is 4. The molecule has 2 N–H and O–H groups in total. The van der Waals surface area contributed by atoms with Crippen LogP contribution in [0.3, 0.4) is 0 Å². The number of carbonyl (C=O) groups is 2. The summed E-state index contributed by atoms with van der Waals surface area (Å²) in [5.41, 5.74) is 3.51. The molecule has 1 aromatic heterocycles. The summed E-state index contributed by atoms with van der Waals surface area (Å²) >= 11 is 0. The molecule has 11 nitrogen and oxygen atoms in total. The van der Waals surface area contributed by atoms with Crippen LogP contribution < -0.4 is 10.6 Å². The quantitative estimate of drug-likeness (QED) is 0.386. The number of hydrogen-bond donors (Lipinski definition) is 2. The zero-order chi connectivity index (χ0) is 31.2. The van der Waals surface area contributed by atoms with Crippen LogP contribution in [-0.4, -0.2) is 106 Å². The molecule has 0 radical (unpaired) electrons. The number of carbonyl (C=O) groups excluding carboxylic acids is 2. The average molecular weight is 606 g/mol. The molecule has 2 fully saturated rings. The lowest BCUT2D eigenvalue weighted by molar-refractivity contribution is -0.134. The summed E-state index contributed by atoms with van der Waals surface area (Å²) in [6.07, 6.45) is 3.82. The third-order valence-electron chi connectivity index (χ3n) is 8.75. The highest BCUT2D eigenvalue weighted by Crippen LogP contribution is 2.30. The monoisotopic (exact) mass is 605 g/mol. The summed E-state index contributed by atoms with van der Waals surface area (Å²) in [5.74, 6) is 1.03. The number of rotatable bonds is 9. The fraction of sp³-hybridized carbons (Fsp3) is 0.531. The van der Waals surface area contributed by atoms with Crippen LogP contribution in [0.1, 0.15) is 30.4 Å². The Bertz CT molecular complexity index is 1430. The molecule has 0 bridgehead atoms. The number of aryl methyl sites for hydroxylation is 2. The van der Waals surface area contributed by atoms with Crippen LogP contribution in [0.5, 0.6) is 0 Å². The average Bonchev–Trinajstić information content (AvgIpc) is 3.40. The molecule has 0 spiro atoms. The summed E-state index contributed by atoms with van der Waals surface area (Å²) in [5, 5.41) is 18.2. The highest BCUT2D eigenvalue weighted by atomic mass is 19.1. The Labute approximate surface area is 258 Å². The lowest BCUT2D eigenvalue weighted by atomic mass is 9.88. The van der Waals surface area contributed by atoms with Crippen LogP contribution in [-0.2, 0) is 18.3 Å². The third kappa shape index (κ3) is 7.97. The van der Waals surface area contributed by atoms with E-state index in [1.807, 2.05) is 61.2 Å². The van der Waals surface area contributed by atoms with Gasteiger partial charge in [-0.25, -0.2) is 13.9 Å². The van der Waals surface area contributed by atoms with Gasteiger partial charge in [-0.15, -0.1) is 5.10 Å². The van der Waals surface area contributed by atoms with Gasteiger partial charge in [-0.1, -0.05) is 24.3 Å². The van der Waals surface area contributed by atoms with Crippen LogP contribution >= 0.6 is 0 Å². The van der Waals surface area contributed by atoms with E-state index in [4.69, 9.17) is 0 Å². The van der Waals surface area contributed by atoms with Gasteiger partial charge < -0.3 is 25.3 Å². The van der Waals surface area contributed by atoms with E-state index in [1.54, 1.807) is 11.7 Å². The van der Waals surface area contributed by atoms with Crippen molar-refractivity contribution in [2.24, 2.45) is 18.9 Å². The van der Waals surface area contributed by atoms with Gasteiger partial charge in [0.15, 0.2) is 5.82 Å². The van der Waals surface area contributed by atoms with Crippen molar-refractivity contribution in [3.63, 3.8) is 0 Å². The van der Waals surface area contributed by atoms with Crippen LogP contribution in [0.25, 0.3) is 11.4 Å². The lowest BCUT2D eigenvalue weighted by Gasteiger charge is -2.43. The predicted molar refractivity (Wildman–Crippen MR) is 167 cm³/mol. The van der Waals surface area contributed by atoms with Crippen LogP contribution in [0.2, 0.25) is 0 Å². The second kappa shape index (κ2) is 14.3. The zero-order valence-electron chi connectivity index (χ0n) is 26.2. The number of anilines is 1. The van der Waals surface area contributed by atoms with Crippen LogP contribution in [0, 0.1) is 24.6 Å². The molecule has 12 heteroatoms. The minimum absolute atomic E-state index is 0.0742. The summed E-state index contributed by atoms with van der Waals surface area (Å²) in [4.78, 5) is 32.8. The first-order valence-electron chi connectivity index (χ1n) is 15.5. The van der Waals surface area contributed by atoms with Gasteiger partial charge in [0.25, 0.3) is 0 Å². The maximum absolute atomic E-state index is 13.5. The van der Waals surface area contributed by atoms with Gasteiger partial charge in [0.2, 0.25) is 5.91 Å². The SMILES string of the molecule is Cc1cccc(NC(=O)N[C@@H]2CCN(C(=O)CN(C)C)C[C@H]2CN2CCC[C@@H](Cc3ccc(F)cc3)C2)c1-c1nnnn1C. The summed E-state index contributed by atoms with van der Waals surface area (Å²) in [7, 11) is 5.58. The smallest absolute Gasteiger partial charge is 0.319 e. The van der Waals surface area contributed by atoms with Crippen LogP contribution in [0.15, 0.2) is 42.5 Å². The van der Waals surface area contributed by atoms with E-state index in [9.17, 15) is 14.0 Å². The number of benzene rings is 2. The predicted octanol–water partition coefficient (Wildman–Crippen LogP) is 3.18. The highest BCUT2D eigenvalue weighted by Gasteiger charge is 2.35. The van der Waals surface area contributed by atoms with E-state index in [-0.39, 0.29) is 29.7 Å². The largest absolute Gasteiger partial charge is 0.341 e. The van der Waals surface area contributed by atoms with Gasteiger partial charge in [-0.3, -0.25) is 4.79 Å². The maximum atomic E-state index is 13.5. The Kier molecular flexibility index (Phi) is 10.2. The lowest BCUT2D eigenvalue weighted by Crippen LogP contribution is -2.57. The number of amides is 3. The second-order valence-electron chi connectivity index (χ2n) is 12.6. The van der Waals surface area contributed by atoms with E-state index < -0.39 is 0 Å². The van der Waals surface area contributed by atoms with Gasteiger partial charge in [-0.05, 0) is 98.9 Å². The number of halogens is 1. The topological polar surface area (TPSA) is 112 Å². The van der Waals surface area contributed by atoms with E-state index >= 15 is 0 Å². The molecule has 236 valence electrons. The first kappa shape index (κ1) is 31.5. The standard InChI is InChI=1S/C32H44FN9O2/c1-22-7-5-9-28(30(22)31-36-37-38-40(31)4)35-32(44)34-27-14-16-42(29(43)21-39(2)3)20-25(27)19-41-15-6-8-24(18-41)17-23-10-12-26(33)13-11-23/h5,7,9-13,24-25,27H,6,8,14-21H2,1-4H3,(H2,34,35,44)/t24-,25+,27+/m0/s1. The second-order valence-corrected chi connectivity index (χ2v) is 12.6. The molecule has 0 saturated carbocycles. The molecule has 2 saturated heterocycles. The number of urea groups is 1. The fourth-order valence-electron chi connectivity index (χ4n) is 6.61. The van der Waals surface area contributed by atoms with Crippen molar-refractivity contribution < 1.29 is 14.0 Å². The van der Waals surface area contributed by atoms with Crippen molar-refractivity contribution in [2.45, 2.75) is 38.6 Å². The Hall–Kier alpha value is -3.90. The Morgan fingerprint density at radius 2 is 1.86 bits per heavy atom. The van der Waals surface area contributed by atoms with Gasteiger partial charge in [-0.2, -0.15) is 0 Å². The number of nitrogens with zero attached hydrogens (tertiary/aromatic N) is 7. The molecule has 2 aromatic carbocycles. The summed E-state index contributed by atoms with van der Waals surface area (Å²) in [6, 6.07) is 12.1. The molecular weight excluding hydrogens is 561 g/mol. The molecule has 5 rings (SSSR count). The van der Waals surface area contributed by atoms with Gasteiger partial charge >= 0.3 is 6.03 Å². The Balaban J connectivity index is 1.28. The molecule has 3 aromatic rings. The van der Waals surface area contributed by atoms with E-state index in [2.05, 4.69) is 31.1 Å². The first-order chi connectivity index (χ1) is 21.2. The molecule has 2 aliphatic rings. The Morgan fingerprint density at radius 1 is 1.07 bits per heavy atom. The normalized spacial score (nSPS) is 21.0. The van der Waals surface area contributed by atoms with Gasteiger partial charge in [0.05, 0.1) is 12.2 Å². The van der Waals surface area contributed by atoms with Crippen molar-refractivity contribution in [1.82, 2.24) is 40.2 Å². The Morgan fingerprint density at radius 3 is 2.59 bits per heavy atom. The number of nitrogens with one attached hydrogen (secondary N) is 2. The zero-order valence-corrected chi connectivity index (χ0v) is 26.2. The highest BCUT2D eigenvalue weighted by molar-refractivity contribution is 5.94.